The smallest absolute Gasteiger partial charge is 0.339 e. The molecule has 17 heavy (non-hydrogen) atoms. The number of aromatic carboxylic acids is 1. The van der Waals surface area contributed by atoms with Gasteiger partial charge < -0.3 is 5.11 Å². The van der Waals surface area contributed by atoms with Crippen molar-refractivity contribution in [2.24, 2.45) is 0 Å². The van der Waals surface area contributed by atoms with Crippen LogP contribution in [-0.2, 0) is 0 Å². The second-order valence-corrected chi connectivity index (χ2v) is 4.18. The third kappa shape index (κ3) is 1.69. The maximum atomic E-state index is 11.3. The summed E-state index contributed by atoms with van der Waals surface area (Å²) in [5, 5.41) is 16.3. The summed E-state index contributed by atoms with van der Waals surface area (Å²) >= 11 is 0. The molecule has 2 heterocycles. The van der Waals surface area contributed by atoms with Crippen LogP contribution >= 0.6 is 0 Å². The van der Waals surface area contributed by atoms with E-state index in [0.29, 0.717) is 17.2 Å². The Balaban J connectivity index is 2.14. The van der Waals surface area contributed by atoms with Crippen molar-refractivity contribution in [2.75, 3.05) is 0 Å². The first-order valence-electron chi connectivity index (χ1n) is 5.49. The lowest BCUT2D eigenvalue weighted by molar-refractivity contribution is 0.0696. The highest BCUT2D eigenvalue weighted by Crippen LogP contribution is 2.42. The molecule has 2 aromatic rings. The van der Waals surface area contributed by atoms with Crippen LogP contribution < -0.4 is 0 Å². The van der Waals surface area contributed by atoms with E-state index in [9.17, 15) is 9.90 Å². The van der Waals surface area contributed by atoms with Gasteiger partial charge >= 0.3 is 5.97 Å². The standard InChI is InChI=1S/C12H11N3O2/c16-12(17)9-10(7-3-4-7)14-15-11(9)8-2-1-5-13-6-8/h1-2,5-7H,3-4H2,(H,14,15)(H,16,17). The van der Waals surface area contributed by atoms with Gasteiger partial charge in [0.15, 0.2) is 0 Å². The summed E-state index contributed by atoms with van der Waals surface area (Å²) in [4.78, 5) is 15.3. The third-order valence-electron chi connectivity index (χ3n) is 2.93. The van der Waals surface area contributed by atoms with Crippen LogP contribution in [0.5, 0.6) is 0 Å². The maximum absolute atomic E-state index is 11.3. The Morgan fingerprint density at radius 2 is 2.29 bits per heavy atom. The monoisotopic (exact) mass is 229 g/mol. The van der Waals surface area contributed by atoms with Gasteiger partial charge in [-0.15, -0.1) is 0 Å². The second-order valence-electron chi connectivity index (χ2n) is 4.18. The minimum atomic E-state index is -0.931. The summed E-state index contributed by atoms with van der Waals surface area (Å²) in [7, 11) is 0. The van der Waals surface area contributed by atoms with E-state index in [1.807, 2.05) is 6.07 Å². The lowest BCUT2D eigenvalue weighted by atomic mass is 10.1. The summed E-state index contributed by atoms with van der Waals surface area (Å²) in [6.07, 6.45) is 5.35. The van der Waals surface area contributed by atoms with Gasteiger partial charge in [0, 0.05) is 23.9 Å². The Hall–Kier alpha value is -2.17. The zero-order chi connectivity index (χ0) is 11.8. The summed E-state index contributed by atoms with van der Waals surface area (Å²) in [6.45, 7) is 0. The van der Waals surface area contributed by atoms with Crippen LogP contribution in [0.4, 0.5) is 0 Å². The Labute approximate surface area is 97.5 Å². The zero-order valence-corrected chi connectivity index (χ0v) is 9.05. The lowest BCUT2D eigenvalue weighted by Crippen LogP contribution is -2.01. The number of hydrogen-bond donors (Lipinski definition) is 2. The van der Waals surface area contributed by atoms with Gasteiger partial charge in [-0.3, -0.25) is 10.1 Å². The molecular formula is C12H11N3O2. The van der Waals surface area contributed by atoms with Gasteiger partial charge in [0.05, 0.1) is 5.69 Å². The zero-order valence-electron chi connectivity index (χ0n) is 9.05. The number of carboxylic acids is 1. The van der Waals surface area contributed by atoms with Gasteiger partial charge in [0.25, 0.3) is 0 Å². The van der Waals surface area contributed by atoms with Crippen molar-refractivity contribution in [3.05, 3.63) is 35.8 Å². The van der Waals surface area contributed by atoms with Crippen LogP contribution in [0.1, 0.15) is 34.8 Å². The SMILES string of the molecule is O=C(O)c1c(-c2cccnc2)n[nH]c1C1CC1. The molecule has 0 amide bonds. The molecule has 5 nitrogen and oxygen atoms in total. The first-order valence-corrected chi connectivity index (χ1v) is 5.49. The molecule has 1 aliphatic rings. The second kappa shape index (κ2) is 3.69. The molecule has 0 bridgehead atoms. The molecule has 0 aromatic carbocycles. The van der Waals surface area contributed by atoms with Crippen molar-refractivity contribution < 1.29 is 9.90 Å². The lowest BCUT2D eigenvalue weighted by Gasteiger charge is -1.99. The predicted octanol–water partition coefficient (Wildman–Crippen LogP) is 2.05. The fourth-order valence-corrected chi connectivity index (χ4v) is 1.95. The average molecular weight is 229 g/mol. The van der Waals surface area contributed by atoms with Gasteiger partial charge in [-0.25, -0.2) is 4.79 Å². The van der Waals surface area contributed by atoms with Crippen LogP contribution in [0.25, 0.3) is 11.3 Å². The van der Waals surface area contributed by atoms with Gasteiger partial charge in [0.1, 0.15) is 11.3 Å². The number of nitrogens with zero attached hydrogens (tertiary/aromatic N) is 2. The van der Waals surface area contributed by atoms with Crippen molar-refractivity contribution in [3.63, 3.8) is 0 Å². The number of carboxylic acid groups (broad SMARTS) is 1. The van der Waals surface area contributed by atoms with E-state index in [4.69, 9.17) is 0 Å². The van der Waals surface area contributed by atoms with E-state index in [1.54, 1.807) is 18.5 Å². The number of nitrogens with one attached hydrogen (secondary N) is 1. The van der Waals surface area contributed by atoms with Crippen LogP contribution in [-0.4, -0.2) is 26.3 Å². The molecule has 2 aromatic heterocycles. The van der Waals surface area contributed by atoms with Crippen molar-refractivity contribution >= 4 is 5.97 Å². The van der Waals surface area contributed by atoms with E-state index < -0.39 is 5.97 Å². The van der Waals surface area contributed by atoms with E-state index >= 15 is 0 Å². The molecule has 0 saturated heterocycles. The number of pyridine rings is 1. The molecule has 5 heteroatoms. The summed E-state index contributed by atoms with van der Waals surface area (Å²) in [5.41, 5.74) is 2.25. The quantitative estimate of drug-likeness (QED) is 0.844. The number of rotatable bonds is 3. The van der Waals surface area contributed by atoms with Gasteiger partial charge in [-0.2, -0.15) is 5.10 Å². The van der Waals surface area contributed by atoms with E-state index in [-0.39, 0.29) is 0 Å². The molecule has 2 N–H and O–H groups in total. The highest BCUT2D eigenvalue weighted by atomic mass is 16.4. The molecular weight excluding hydrogens is 218 g/mol. The fourth-order valence-electron chi connectivity index (χ4n) is 1.95. The Kier molecular flexibility index (Phi) is 2.18. The number of hydrogen-bond acceptors (Lipinski definition) is 3. The van der Waals surface area contributed by atoms with Crippen molar-refractivity contribution in [1.29, 1.82) is 0 Å². The Morgan fingerprint density at radius 3 is 2.88 bits per heavy atom. The summed E-state index contributed by atoms with van der Waals surface area (Å²) < 4.78 is 0. The highest BCUT2D eigenvalue weighted by Gasteiger charge is 2.32. The third-order valence-corrected chi connectivity index (χ3v) is 2.93. The number of aromatic nitrogens is 3. The van der Waals surface area contributed by atoms with Crippen LogP contribution in [0.3, 0.4) is 0 Å². The minimum absolute atomic E-state index is 0.292. The normalized spacial score (nSPS) is 14.8. The van der Waals surface area contributed by atoms with Crippen LogP contribution in [0.15, 0.2) is 24.5 Å². The van der Waals surface area contributed by atoms with E-state index in [0.717, 1.165) is 24.1 Å². The number of aromatic amines is 1. The first-order chi connectivity index (χ1) is 8.27. The molecule has 1 saturated carbocycles. The largest absolute Gasteiger partial charge is 0.478 e. The average Bonchev–Trinajstić information content (AvgIpc) is 3.08. The molecule has 0 spiro atoms. The molecule has 86 valence electrons. The molecule has 1 aliphatic carbocycles. The number of carbonyl (C=O) groups is 1. The number of H-pyrrole nitrogens is 1. The van der Waals surface area contributed by atoms with Gasteiger partial charge in [-0.1, -0.05) is 0 Å². The molecule has 3 rings (SSSR count). The van der Waals surface area contributed by atoms with E-state index in [2.05, 4.69) is 15.2 Å². The molecule has 1 fully saturated rings. The van der Waals surface area contributed by atoms with E-state index in [1.165, 1.54) is 0 Å². The summed E-state index contributed by atoms with van der Waals surface area (Å²) in [6, 6.07) is 3.58. The van der Waals surface area contributed by atoms with Crippen molar-refractivity contribution in [3.8, 4) is 11.3 Å². The minimum Gasteiger partial charge on any atom is -0.478 e. The fraction of sp³-hybridized carbons (Fsp3) is 0.250. The van der Waals surface area contributed by atoms with Crippen molar-refractivity contribution in [2.45, 2.75) is 18.8 Å². The molecule has 0 radical (unpaired) electrons. The van der Waals surface area contributed by atoms with Crippen LogP contribution in [0, 0.1) is 0 Å². The Bertz CT molecular complexity index is 558. The Morgan fingerprint density at radius 1 is 1.47 bits per heavy atom. The highest BCUT2D eigenvalue weighted by molar-refractivity contribution is 5.96. The predicted molar refractivity (Wildman–Crippen MR) is 60.8 cm³/mol. The van der Waals surface area contributed by atoms with Gasteiger partial charge in [0.2, 0.25) is 0 Å². The van der Waals surface area contributed by atoms with Crippen molar-refractivity contribution in [1.82, 2.24) is 15.2 Å². The van der Waals surface area contributed by atoms with Crippen LogP contribution in [0.2, 0.25) is 0 Å². The molecule has 0 atom stereocenters. The summed E-state index contributed by atoms with van der Waals surface area (Å²) in [5.74, 6) is -0.599. The molecule has 0 unspecified atom stereocenters. The maximum Gasteiger partial charge on any atom is 0.339 e. The van der Waals surface area contributed by atoms with Gasteiger partial charge in [-0.05, 0) is 25.0 Å². The molecule has 0 aliphatic heterocycles. The first kappa shape index (κ1) is 10.0. The topological polar surface area (TPSA) is 78.9 Å².